The fourth-order valence-corrected chi connectivity index (χ4v) is 5.04. The van der Waals surface area contributed by atoms with E-state index in [2.05, 4.69) is 0 Å². The minimum absolute atomic E-state index is 0.00142. The number of carbonyl (C=O) groups excluding carboxylic acids is 1. The quantitative estimate of drug-likeness (QED) is 0.600. The Balaban J connectivity index is 1.90. The van der Waals surface area contributed by atoms with Crippen LogP contribution in [0.4, 0.5) is 0 Å². The van der Waals surface area contributed by atoms with Crippen molar-refractivity contribution in [3.8, 4) is 0 Å². The maximum atomic E-state index is 13.3. The summed E-state index contributed by atoms with van der Waals surface area (Å²) < 4.78 is 27.7. The van der Waals surface area contributed by atoms with Gasteiger partial charge in [0.25, 0.3) is 0 Å². The van der Waals surface area contributed by atoms with Gasteiger partial charge in [-0.05, 0) is 61.2 Å². The lowest BCUT2D eigenvalue weighted by atomic mass is 10.1. The molecule has 0 saturated carbocycles. The summed E-state index contributed by atoms with van der Waals surface area (Å²) in [7, 11) is -3.92. The van der Waals surface area contributed by atoms with E-state index in [9.17, 15) is 13.2 Å². The molecular weight excluding hydrogens is 455 g/mol. The monoisotopic (exact) mass is 474 g/mol. The molecule has 3 rings (SSSR count). The van der Waals surface area contributed by atoms with E-state index in [4.69, 9.17) is 34.8 Å². The van der Waals surface area contributed by atoms with Crippen LogP contribution >= 0.6 is 34.8 Å². The average molecular weight is 476 g/mol. The summed E-state index contributed by atoms with van der Waals surface area (Å²) in [6.45, 7) is 1.06. The van der Waals surface area contributed by atoms with Crippen molar-refractivity contribution in [3.05, 3.63) is 63.1 Å². The standard InChI is InChI=1S/C20H21Cl3N2O3S/c21-16-5-7-17(8-6-16)29(27,28)25(13-15-4-9-18(22)19(23)12-15)14-20(26)24-10-2-1-3-11-24/h4-9,12H,1-3,10-11,13-14H2. The highest BCUT2D eigenvalue weighted by Crippen LogP contribution is 2.26. The number of piperidine rings is 1. The number of hydrogen-bond donors (Lipinski definition) is 0. The first kappa shape index (κ1) is 22.4. The molecule has 0 N–H and O–H groups in total. The van der Waals surface area contributed by atoms with Crippen LogP contribution in [0.1, 0.15) is 24.8 Å². The van der Waals surface area contributed by atoms with Crippen molar-refractivity contribution in [2.24, 2.45) is 0 Å². The van der Waals surface area contributed by atoms with Crippen LogP contribution in [-0.2, 0) is 21.4 Å². The van der Waals surface area contributed by atoms with Crippen molar-refractivity contribution in [3.63, 3.8) is 0 Å². The van der Waals surface area contributed by atoms with E-state index >= 15 is 0 Å². The van der Waals surface area contributed by atoms with E-state index in [1.807, 2.05) is 0 Å². The minimum atomic E-state index is -3.92. The molecular formula is C20H21Cl3N2O3S. The summed E-state index contributed by atoms with van der Waals surface area (Å²) in [5.41, 5.74) is 0.642. The van der Waals surface area contributed by atoms with Gasteiger partial charge in [0, 0.05) is 24.7 Å². The lowest BCUT2D eigenvalue weighted by Crippen LogP contribution is -2.44. The maximum Gasteiger partial charge on any atom is 0.243 e. The van der Waals surface area contributed by atoms with Crippen LogP contribution < -0.4 is 0 Å². The Morgan fingerprint density at radius 1 is 0.931 bits per heavy atom. The lowest BCUT2D eigenvalue weighted by molar-refractivity contribution is -0.132. The zero-order valence-electron chi connectivity index (χ0n) is 15.7. The molecule has 0 aromatic heterocycles. The van der Waals surface area contributed by atoms with Crippen LogP contribution in [0.25, 0.3) is 0 Å². The number of amides is 1. The second-order valence-electron chi connectivity index (χ2n) is 6.92. The molecule has 1 aliphatic heterocycles. The van der Waals surface area contributed by atoms with E-state index in [1.165, 1.54) is 28.6 Å². The molecule has 1 heterocycles. The van der Waals surface area contributed by atoms with Crippen molar-refractivity contribution in [2.45, 2.75) is 30.7 Å². The van der Waals surface area contributed by atoms with E-state index in [1.54, 1.807) is 23.1 Å². The van der Waals surface area contributed by atoms with Crippen LogP contribution in [0.3, 0.4) is 0 Å². The van der Waals surface area contributed by atoms with Gasteiger partial charge < -0.3 is 4.90 Å². The molecule has 0 radical (unpaired) electrons. The zero-order valence-corrected chi connectivity index (χ0v) is 18.7. The van der Waals surface area contributed by atoms with Gasteiger partial charge in [-0.3, -0.25) is 4.79 Å². The smallest absolute Gasteiger partial charge is 0.243 e. The zero-order chi connectivity index (χ0) is 21.0. The number of hydrogen-bond acceptors (Lipinski definition) is 3. The van der Waals surface area contributed by atoms with E-state index in [0.29, 0.717) is 33.7 Å². The second kappa shape index (κ2) is 9.67. The van der Waals surface area contributed by atoms with Crippen LogP contribution in [0.2, 0.25) is 15.1 Å². The summed E-state index contributed by atoms with van der Waals surface area (Å²) in [5.74, 6) is -0.206. The summed E-state index contributed by atoms with van der Waals surface area (Å²) >= 11 is 17.9. The van der Waals surface area contributed by atoms with E-state index in [0.717, 1.165) is 19.3 Å². The third kappa shape index (κ3) is 5.64. The van der Waals surface area contributed by atoms with Crippen molar-refractivity contribution < 1.29 is 13.2 Å². The first-order valence-corrected chi connectivity index (χ1v) is 11.8. The molecule has 1 saturated heterocycles. The second-order valence-corrected chi connectivity index (χ2v) is 10.1. The molecule has 1 aliphatic rings. The number of halogens is 3. The van der Waals surface area contributed by atoms with Crippen molar-refractivity contribution in [2.75, 3.05) is 19.6 Å². The van der Waals surface area contributed by atoms with Gasteiger partial charge in [-0.2, -0.15) is 4.31 Å². The Hall–Kier alpha value is -1.31. The van der Waals surface area contributed by atoms with Crippen LogP contribution in [-0.4, -0.2) is 43.2 Å². The number of rotatable bonds is 6. The van der Waals surface area contributed by atoms with E-state index in [-0.39, 0.29) is 23.9 Å². The molecule has 0 unspecified atom stereocenters. The molecule has 0 atom stereocenters. The molecule has 0 bridgehead atoms. The van der Waals surface area contributed by atoms with Gasteiger partial charge in [0.15, 0.2) is 0 Å². The highest BCUT2D eigenvalue weighted by atomic mass is 35.5. The largest absolute Gasteiger partial charge is 0.342 e. The molecule has 2 aromatic carbocycles. The molecule has 0 aliphatic carbocycles. The molecule has 9 heteroatoms. The predicted molar refractivity (Wildman–Crippen MR) is 116 cm³/mol. The number of benzene rings is 2. The Morgan fingerprint density at radius 2 is 1.59 bits per heavy atom. The topological polar surface area (TPSA) is 57.7 Å². The Morgan fingerprint density at radius 3 is 2.21 bits per heavy atom. The van der Waals surface area contributed by atoms with Crippen LogP contribution in [0, 0.1) is 0 Å². The highest BCUT2D eigenvalue weighted by molar-refractivity contribution is 7.89. The normalized spacial score (nSPS) is 15.0. The first-order valence-electron chi connectivity index (χ1n) is 9.25. The Kier molecular flexibility index (Phi) is 7.46. The fraction of sp³-hybridized carbons (Fsp3) is 0.350. The van der Waals surface area contributed by atoms with Crippen molar-refractivity contribution in [1.82, 2.24) is 9.21 Å². The maximum absolute atomic E-state index is 13.3. The van der Waals surface area contributed by atoms with Gasteiger partial charge >= 0.3 is 0 Å². The predicted octanol–water partition coefficient (Wildman–Crippen LogP) is 4.85. The summed E-state index contributed by atoms with van der Waals surface area (Å²) in [6.07, 6.45) is 2.95. The molecule has 2 aromatic rings. The fourth-order valence-electron chi connectivity index (χ4n) is 3.22. The lowest BCUT2D eigenvalue weighted by Gasteiger charge is -2.30. The Labute approximate surface area is 186 Å². The van der Waals surface area contributed by atoms with Gasteiger partial charge in [-0.15, -0.1) is 0 Å². The number of carbonyl (C=O) groups is 1. The summed E-state index contributed by atoms with van der Waals surface area (Å²) in [6, 6.07) is 10.8. The molecule has 1 amide bonds. The third-order valence-electron chi connectivity index (χ3n) is 4.81. The van der Waals surface area contributed by atoms with Crippen molar-refractivity contribution >= 4 is 50.7 Å². The minimum Gasteiger partial charge on any atom is -0.342 e. The third-order valence-corrected chi connectivity index (χ3v) is 7.61. The Bertz CT molecular complexity index is 975. The highest BCUT2D eigenvalue weighted by Gasteiger charge is 2.29. The van der Waals surface area contributed by atoms with Gasteiger partial charge in [0.2, 0.25) is 15.9 Å². The van der Waals surface area contributed by atoms with Crippen LogP contribution in [0.5, 0.6) is 0 Å². The molecule has 29 heavy (non-hydrogen) atoms. The molecule has 156 valence electrons. The van der Waals surface area contributed by atoms with Gasteiger partial charge in [-0.1, -0.05) is 40.9 Å². The average Bonchev–Trinajstić information content (AvgIpc) is 2.71. The SMILES string of the molecule is O=C(CN(Cc1ccc(Cl)c(Cl)c1)S(=O)(=O)c1ccc(Cl)cc1)N1CCCCC1. The molecule has 5 nitrogen and oxygen atoms in total. The number of likely N-dealkylation sites (tertiary alicyclic amines) is 1. The summed E-state index contributed by atoms with van der Waals surface area (Å²) in [4.78, 5) is 14.6. The van der Waals surface area contributed by atoms with Gasteiger partial charge in [-0.25, -0.2) is 8.42 Å². The first-order chi connectivity index (χ1) is 13.8. The van der Waals surface area contributed by atoms with Gasteiger partial charge in [0.1, 0.15) is 0 Å². The molecule has 1 fully saturated rings. The van der Waals surface area contributed by atoms with Crippen LogP contribution in [0.15, 0.2) is 47.4 Å². The number of sulfonamides is 1. The van der Waals surface area contributed by atoms with E-state index < -0.39 is 10.0 Å². The summed E-state index contributed by atoms with van der Waals surface area (Å²) in [5, 5.41) is 1.15. The van der Waals surface area contributed by atoms with Crippen molar-refractivity contribution in [1.29, 1.82) is 0 Å². The molecule has 0 spiro atoms. The van der Waals surface area contributed by atoms with Gasteiger partial charge in [0.05, 0.1) is 21.5 Å². The number of nitrogens with zero attached hydrogens (tertiary/aromatic N) is 2.